The lowest BCUT2D eigenvalue weighted by Crippen LogP contribution is -2.30. The van der Waals surface area contributed by atoms with E-state index >= 15 is 0 Å². The molecule has 1 aromatic carbocycles. The Balaban J connectivity index is 1.74. The van der Waals surface area contributed by atoms with Crippen molar-refractivity contribution in [3.8, 4) is 0 Å². The maximum atomic E-state index is 12.7. The Kier molecular flexibility index (Phi) is 6.33. The number of hydrogen-bond acceptors (Lipinski definition) is 4. The Hall–Kier alpha value is -2.32. The number of aromatic nitrogens is 1. The number of carbonyl (C=O) groups excluding carboxylic acids is 1. The van der Waals surface area contributed by atoms with Crippen LogP contribution in [0.25, 0.3) is 0 Å². The van der Waals surface area contributed by atoms with Gasteiger partial charge in [0, 0.05) is 50.8 Å². The van der Waals surface area contributed by atoms with Gasteiger partial charge >= 0.3 is 0 Å². The first kappa shape index (κ1) is 21.4. The van der Waals surface area contributed by atoms with Crippen molar-refractivity contribution in [1.82, 2.24) is 8.87 Å². The fourth-order valence-corrected chi connectivity index (χ4v) is 5.26. The van der Waals surface area contributed by atoms with E-state index in [4.69, 9.17) is 0 Å². The maximum Gasteiger partial charge on any atom is 0.272 e. The van der Waals surface area contributed by atoms with Crippen molar-refractivity contribution in [3.05, 3.63) is 42.2 Å². The predicted molar refractivity (Wildman–Crippen MR) is 116 cm³/mol. The molecule has 1 amide bonds. The monoisotopic (exact) mass is 418 g/mol. The van der Waals surface area contributed by atoms with Crippen molar-refractivity contribution >= 4 is 27.3 Å². The number of nitrogens with zero attached hydrogens (tertiary/aromatic N) is 3. The van der Waals surface area contributed by atoms with Gasteiger partial charge in [-0.15, -0.1) is 0 Å². The zero-order valence-corrected chi connectivity index (χ0v) is 18.4. The molecule has 1 aliphatic rings. The number of rotatable bonds is 7. The molecule has 1 aliphatic heterocycles. The van der Waals surface area contributed by atoms with Gasteiger partial charge < -0.3 is 14.8 Å². The fourth-order valence-electron chi connectivity index (χ4n) is 3.73. The minimum atomic E-state index is -3.60. The third-order valence-electron chi connectivity index (χ3n) is 5.47. The van der Waals surface area contributed by atoms with Crippen molar-refractivity contribution in [2.75, 3.05) is 36.4 Å². The van der Waals surface area contributed by atoms with Crippen molar-refractivity contribution in [2.24, 2.45) is 13.0 Å². The number of amides is 1. The van der Waals surface area contributed by atoms with Gasteiger partial charge in [0.2, 0.25) is 10.0 Å². The third kappa shape index (κ3) is 4.48. The second-order valence-corrected chi connectivity index (χ2v) is 9.54. The maximum absolute atomic E-state index is 12.7. The van der Waals surface area contributed by atoms with E-state index in [2.05, 4.69) is 17.1 Å². The number of sulfonamides is 1. The van der Waals surface area contributed by atoms with E-state index in [1.807, 2.05) is 24.3 Å². The molecule has 0 aliphatic carbocycles. The molecule has 7 nitrogen and oxygen atoms in total. The number of benzene rings is 1. The minimum Gasteiger partial charge on any atom is -0.371 e. The molecule has 0 radical (unpaired) electrons. The molecule has 0 bridgehead atoms. The predicted octanol–water partition coefficient (Wildman–Crippen LogP) is 3.15. The highest BCUT2D eigenvalue weighted by atomic mass is 32.2. The molecule has 1 unspecified atom stereocenters. The zero-order valence-electron chi connectivity index (χ0n) is 17.6. The second-order valence-electron chi connectivity index (χ2n) is 7.60. The topological polar surface area (TPSA) is 74.7 Å². The van der Waals surface area contributed by atoms with Gasteiger partial charge in [-0.2, -0.15) is 4.31 Å². The normalized spacial score (nSPS) is 17.1. The van der Waals surface area contributed by atoms with E-state index < -0.39 is 10.0 Å². The summed E-state index contributed by atoms with van der Waals surface area (Å²) in [6.07, 6.45) is 2.69. The van der Waals surface area contributed by atoms with Crippen LogP contribution in [0.2, 0.25) is 0 Å². The van der Waals surface area contributed by atoms with Crippen LogP contribution in [0.15, 0.2) is 41.4 Å². The molecule has 1 N–H and O–H groups in total. The quantitative estimate of drug-likeness (QED) is 0.750. The van der Waals surface area contributed by atoms with Crippen LogP contribution in [-0.2, 0) is 17.1 Å². The molecular formula is C21H30N4O3S. The first-order valence-electron chi connectivity index (χ1n) is 10.1. The van der Waals surface area contributed by atoms with Gasteiger partial charge in [0.1, 0.15) is 10.6 Å². The van der Waals surface area contributed by atoms with Crippen LogP contribution in [0, 0.1) is 5.92 Å². The van der Waals surface area contributed by atoms with E-state index in [0.29, 0.717) is 30.4 Å². The molecule has 0 spiro atoms. The molecule has 8 heteroatoms. The number of aryl methyl sites for hydroxylation is 1. The van der Waals surface area contributed by atoms with Crippen LogP contribution in [0.4, 0.5) is 11.4 Å². The Morgan fingerprint density at radius 1 is 1.21 bits per heavy atom. The minimum absolute atomic E-state index is 0.132. The molecule has 1 saturated heterocycles. The van der Waals surface area contributed by atoms with E-state index in [9.17, 15) is 13.2 Å². The zero-order chi connectivity index (χ0) is 21.2. The summed E-state index contributed by atoms with van der Waals surface area (Å²) in [4.78, 5) is 15.2. The van der Waals surface area contributed by atoms with Gasteiger partial charge in [0.15, 0.2) is 0 Å². The fraction of sp³-hybridized carbons (Fsp3) is 0.476. The summed E-state index contributed by atoms with van der Waals surface area (Å²) in [5, 5.41) is 2.86. The summed E-state index contributed by atoms with van der Waals surface area (Å²) >= 11 is 0. The van der Waals surface area contributed by atoms with Crippen LogP contribution in [0.1, 0.15) is 37.7 Å². The number of nitrogens with one attached hydrogen (secondary N) is 1. The summed E-state index contributed by atoms with van der Waals surface area (Å²) in [5.74, 6) is 0.365. The van der Waals surface area contributed by atoms with Crippen LogP contribution < -0.4 is 10.2 Å². The van der Waals surface area contributed by atoms with E-state index in [0.717, 1.165) is 18.8 Å². The highest BCUT2D eigenvalue weighted by Crippen LogP contribution is 2.25. The van der Waals surface area contributed by atoms with Crippen LogP contribution in [0.5, 0.6) is 0 Å². The van der Waals surface area contributed by atoms with Crippen molar-refractivity contribution in [2.45, 2.75) is 32.1 Å². The summed E-state index contributed by atoms with van der Waals surface area (Å²) in [5.41, 5.74) is 2.13. The molecule has 3 rings (SSSR count). The SMILES string of the molecule is CCN(CC)S(=O)(=O)c1cc(C(=O)Nc2ccc(N3CCC(C)C3)cc2)n(C)c1. The Morgan fingerprint density at radius 2 is 1.86 bits per heavy atom. The van der Waals surface area contributed by atoms with Crippen LogP contribution in [-0.4, -0.2) is 49.4 Å². The Bertz CT molecular complexity index is 962. The summed E-state index contributed by atoms with van der Waals surface area (Å²) in [6, 6.07) is 9.21. The van der Waals surface area contributed by atoms with Crippen molar-refractivity contribution in [1.29, 1.82) is 0 Å². The third-order valence-corrected chi connectivity index (χ3v) is 7.49. The van der Waals surface area contributed by atoms with E-state index in [-0.39, 0.29) is 10.8 Å². The van der Waals surface area contributed by atoms with Gasteiger partial charge in [-0.1, -0.05) is 20.8 Å². The largest absolute Gasteiger partial charge is 0.371 e. The molecule has 29 heavy (non-hydrogen) atoms. The molecule has 1 atom stereocenters. The van der Waals surface area contributed by atoms with E-state index in [1.54, 1.807) is 25.5 Å². The van der Waals surface area contributed by atoms with Crippen LogP contribution >= 0.6 is 0 Å². The van der Waals surface area contributed by atoms with Gasteiger partial charge in [0.25, 0.3) is 5.91 Å². The molecule has 0 saturated carbocycles. The van der Waals surface area contributed by atoms with Gasteiger partial charge in [-0.05, 0) is 42.7 Å². The average molecular weight is 419 g/mol. The second kappa shape index (κ2) is 8.59. The van der Waals surface area contributed by atoms with Gasteiger partial charge in [0.05, 0.1) is 0 Å². The first-order valence-corrected chi connectivity index (χ1v) is 11.5. The lowest BCUT2D eigenvalue weighted by Gasteiger charge is -2.18. The Morgan fingerprint density at radius 3 is 2.41 bits per heavy atom. The summed E-state index contributed by atoms with van der Waals surface area (Å²) < 4.78 is 28.3. The molecular weight excluding hydrogens is 388 g/mol. The number of anilines is 2. The number of carbonyl (C=O) groups is 1. The van der Waals surface area contributed by atoms with Gasteiger partial charge in [-0.25, -0.2) is 8.42 Å². The standard InChI is InChI=1S/C21H30N4O3S/c1-5-25(6-2)29(27,28)19-13-20(23(4)15-19)21(26)22-17-7-9-18(10-8-17)24-12-11-16(3)14-24/h7-10,13,15-16H,5-6,11-12,14H2,1-4H3,(H,22,26). The molecule has 1 fully saturated rings. The van der Waals surface area contributed by atoms with Gasteiger partial charge in [-0.3, -0.25) is 4.79 Å². The molecule has 2 aromatic rings. The first-order chi connectivity index (χ1) is 13.8. The molecule has 1 aromatic heterocycles. The lowest BCUT2D eigenvalue weighted by molar-refractivity contribution is 0.101. The molecule has 158 valence electrons. The molecule has 2 heterocycles. The summed E-state index contributed by atoms with van der Waals surface area (Å²) in [6.45, 7) is 8.73. The highest BCUT2D eigenvalue weighted by Gasteiger charge is 2.25. The van der Waals surface area contributed by atoms with Crippen molar-refractivity contribution < 1.29 is 13.2 Å². The Labute approximate surface area is 173 Å². The number of hydrogen-bond donors (Lipinski definition) is 1. The van der Waals surface area contributed by atoms with Crippen LogP contribution in [0.3, 0.4) is 0 Å². The summed E-state index contributed by atoms with van der Waals surface area (Å²) in [7, 11) is -1.93. The smallest absolute Gasteiger partial charge is 0.272 e. The van der Waals surface area contributed by atoms with E-state index in [1.165, 1.54) is 23.0 Å². The average Bonchev–Trinajstić information content (AvgIpc) is 3.29. The lowest BCUT2D eigenvalue weighted by atomic mass is 10.2. The highest BCUT2D eigenvalue weighted by molar-refractivity contribution is 7.89. The van der Waals surface area contributed by atoms with Crippen molar-refractivity contribution in [3.63, 3.8) is 0 Å².